The standard InChI is InChI=1S/C17H15ClN2OS/c1-11-2-4-12(5-3-11)10-15-16(21)20-17(22-15)19-14-8-6-13(18)7-9-14/h2-9,15H,10H2,1H3,(H,19,20,21). The summed E-state index contributed by atoms with van der Waals surface area (Å²) < 4.78 is 0. The fourth-order valence-corrected chi connectivity index (χ4v) is 3.32. The molecular formula is C17H15ClN2OS. The number of aryl methyl sites for hydroxylation is 1. The number of amides is 1. The summed E-state index contributed by atoms with van der Waals surface area (Å²) in [4.78, 5) is 16.5. The zero-order chi connectivity index (χ0) is 15.5. The monoisotopic (exact) mass is 330 g/mol. The Kier molecular flexibility index (Phi) is 4.50. The molecular weight excluding hydrogens is 316 g/mol. The number of nitrogens with one attached hydrogen (secondary N) is 1. The van der Waals surface area contributed by atoms with E-state index < -0.39 is 0 Å². The molecule has 3 nitrogen and oxygen atoms in total. The van der Waals surface area contributed by atoms with E-state index in [-0.39, 0.29) is 11.2 Å². The van der Waals surface area contributed by atoms with Crippen LogP contribution in [-0.4, -0.2) is 16.3 Å². The Morgan fingerprint density at radius 3 is 2.50 bits per heavy atom. The minimum atomic E-state index is -0.131. The maximum atomic E-state index is 12.1. The van der Waals surface area contributed by atoms with Gasteiger partial charge in [-0.05, 0) is 43.2 Å². The maximum Gasteiger partial charge on any atom is 0.239 e. The highest BCUT2D eigenvalue weighted by atomic mass is 35.5. The van der Waals surface area contributed by atoms with E-state index in [2.05, 4.69) is 41.5 Å². The number of carbonyl (C=O) groups excluding carboxylic acids is 1. The summed E-state index contributed by atoms with van der Waals surface area (Å²) in [6.07, 6.45) is 0.705. The number of rotatable bonds is 3. The largest absolute Gasteiger partial charge is 0.304 e. The number of nitrogens with zero attached hydrogens (tertiary/aromatic N) is 1. The van der Waals surface area contributed by atoms with E-state index in [0.717, 1.165) is 11.3 Å². The molecule has 0 aliphatic carbocycles. The van der Waals surface area contributed by atoms with Crippen molar-refractivity contribution in [3.8, 4) is 0 Å². The molecule has 112 valence electrons. The van der Waals surface area contributed by atoms with Gasteiger partial charge < -0.3 is 5.32 Å². The fourth-order valence-electron chi connectivity index (χ4n) is 2.16. The van der Waals surface area contributed by atoms with Crippen molar-refractivity contribution in [2.45, 2.75) is 18.6 Å². The highest BCUT2D eigenvalue weighted by Crippen LogP contribution is 2.26. The Morgan fingerprint density at radius 1 is 1.14 bits per heavy atom. The van der Waals surface area contributed by atoms with E-state index in [1.165, 1.54) is 17.3 Å². The molecule has 0 aromatic heterocycles. The SMILES string of the molecule is Cc1ccc(CC2S/C(=N/c3ccc(Cl)cc3)NC2=O)cc1. The van der Waals surface area contributed by atoms with Crippen LogP contribution in [-0.2, 0) is 11.2 Å². The number of aliphatic imine (C=N–C) groups is 1. The Bertz CT molecular complexity index is 710. The second-order valence-electron chi connectivity index (χ2n) is 5.18. The molecule has 1 fully saturated rings. The summed E-state index contributed by atoms with van der Waals surface area (Å²) in [7, 11) is 0. The second kappa shape index (κ2) is 6.55. The van der Waals surface area contributed by atoms with Gasteiger partial charge in [0.05, 0.1) is 10.9 Å². The molecule has 1 heterocycles. The molecule has 1 aliphatic heterocycles. The molecule has 1 unspecified atom stereocenters. The van der Waals surface area contributed by atoms with Crippen LogP contribution in [0.5, 0.6) is 0 Å². The highest BCUT2D eigenvalue weighted by Gasteiger charge is 2.30. The van der Waals surface area contributed by atoms with Gasteiger partial charge in [0, 0.05) is 5.02 Å². The second-order valence-corrected chi connectivity index (χ2v) is 6.81. The molecule has 0 saturated carbocycles. The summed E-state index contributed by atoms with van der Waals surface area (Å²) >= 11 is 7.33. The Morgan fingerprint density at radius 2 is 1.82 bits per heavy atom. The quantitative estimate of drug-likeness (QED) is 0.920. The topological polar surface area (TPSA) is 41.5 Å². The number of hydrogen-bond acceptors (Lipinski definition) is 3. The van der Waals surface area contributed by atoms with Crippen molar-refractivity contribution in [3.63, 3.8) is 0 Å². The number of hydrogen-bond donors (Lipinski definition) is 1. The van der Waals surface area contributed by atoms with Gasteiger partial charge in [0.1, 0.15) is 0 Å². The molecule has 5 heteroatoms. The Balaban J connectivity index is 1.70. The lowest BCUT2D eigenvalue weighted by Crippen LogP contribution is -2.25. The summed E-state index contributed by atoms with van der Waals surface area (Å²) in [5, 5.41) is 4.02. The molecule has 0 bridgehead atoms. The third-order valence-corrected chi connectivity index (χ3v) is 4.71. The normalized spacial score (nSPS) is 19.5. The van der Waals surface area contributed by atoms with Crippen molar-refractivity contribution in [2.24, 2.45) is 4.99 Å². The minimum Gasteiger partial charge on any atom is -0.304 e. The zero-order valence-corrected chi connectivity index (χ0v) is 13.6. The van der Waals surface area contributed by atoms with Gasteiger partial charge in [-0.1, -0.05) is 53.2 Å². The molecule has 2 aromatic rings. The lowest BCUT2D eigenvalue weighted by Gasteiger charge is -2.05. The molecule has 0 radical (unpaired) electrons. The molecule has 3 rings (SSSR count). The van der Waals surface area contributed by atoms with Crippen molar-refractivity contribution in [1.82, 2.24) is 5.32 Å². The zero-order valence-electron chi connectivity index (χ0n) is 12.0. The van der Waals surface area contributed by atoms with E-state index in [1.807, 2.05) is 12.1 Å². The minimum absolute atomic E-state index is 0.0123. The van der Waals surface area contributed by atoms with Gasteiger partial charge in [0.15, 0.2) is 5.17 Å². The molecule has 1 N–H and O–H groups in total. The van der Waals surface area contributed by atoms with Crippen LogP contribution in [0.1, 0.15) is 11.1 Å². The van der Waals surface area contributed by atoms with Crippen LogP contribution >= 0.6 is 23.4 Å². The van der Waals surface area contributed by atoms with Crippen molar-refractivity contribution in [3.05, 3.63) is 64.7 Å². The third-order valence-electron chi connectivity index (χ3n) is 3.38. The summed E-state index contributed by atoms with van der Waals surface area (Å²) in [6, 6.07) is 15.5. The molecule has 1 saturated heterocycles. The Hall–Kier alpha value is -1.78. The molecule has 22 heavy (non-hydrogen) atoms. The number of amidine groups is 1. The van der Waals surface area contributed by atoms with E-state index in [9.17, 15) is 4.79 Å². The summed E-state index contributed by atoms with van der Waals surface area (Å²) in [5.74, 6) is 0.0123. The maximum absolute atomic E-state index is 12.1. The first kappa shape index (κ1) is 15.1. The lowest BCUT2D eigenvalue weighted by molar-refractivity contribution is -0.118. The number of halogens is 1. The lowest BCUT2D eigenvalue weighted by atomic mass is 10.1. The first-order valence-electron chi connectivity index (χ1n) is 6.97. The van der Waals surface area contributed by atoms with Crippen LogP contribution in [0.15, 0.2) is 53.5 Å². The van der Waals surface area contributed by atoms with Gasteiger partial charge in [-0.15, -0.1) is 0 Å². The van der Waals surface area contributed by atoms with Gasteiger partial charge >= 0.3 is 0 Å². The summed E-state index contributed by atoms with van der Waals surface area (Å²) in [6.45, 7) is 2.05. The number of carbonyl (C=O) groups is 1. The van der Waals surface area contributed by atoms with Gasteiger partial charge in [-0.25, -0.2) is 4.99 Å². The first-order chi connectivity index (χ1) is 10.6. The van der Waals surface area contributed by atoms with Crippen molar-refractivity contribution >= 4 is 40.1 Å². The van der Waals surface area contributed by atoms with E-state index in [1.54, 1.807) is 12.1 Å². The smallest absolute Gasteiger partial charge is 0.239 e. The first-order valence-corrected chi connectivity index (χ1v) is 8.23. The van der Waals surface area contributed by atoms with Crippen molar-refractivity contribution < 1.29 is 4.79 Å². The molecule has 1 aliphatic rings. The predicted molar refractivity (Wildman–Crippen MR) is 93.0 cm³/mol. The van der Waals surface area contributed by atoms with Crippen LogP contribution in [0, 0.1) is 6.92 Å². The van der Waals surface area contributed by atoms with Crippen LogP contribution in [0.2, 0.25) is 5.02 Å². The van der Waals surface area contributed by atoms with Crippen molar-refractivity contribution in [1.29, 1.82) is 0 Å². The molecule has 2 aromatic carbocycles. The van der Waals surface area contributed by atoms with Gasteiger partial charge in [-0.3, -0.25) is 4.79 Å². The average Bonchev–Trinajstić information content (AvgIpc) is 2.84. The van der Waals surface area contributed by atoms with Crippen LogP contribution in [0.3, 0.4) is 0 Å². The third kappa shape index (κ3) is 3.70. The van der Waals surface area contributed by atoms with Crippen LogP contribution < -0.4 is 5.32 Å². The van der Waals surface area contributed by atoms with E-state index in [4.69, 9.17) is 11.6 Å². The number of benzene rings is 2. The van der Waals surface area contributed by atoms with Crippen molar-refractivity contribution in [2.75, 3.05) is 0 Å². The fraction of sp³-hybridized carbons (Fsp3) is 0.176. The molecule has 1 atom stereocenters. The Labute approximate surface area is 138 Å². The van der Waals surface area contributed by atoms with E-state index in [0.29, 0.717) is 16.6 Å². The van der Waals surface area contributed by atoms with Gasteiger partial charge in [-0.2, -0.15) is 0 Å². The molecule has 1 amide bonds. The van der Waals surface area contributed by atoms with Gasteiger partial charge in [0.2, 0.25) is 5.91 Å². The van der Waals surface area contributed by atoms with Crippen LogP contribution in [0.25, 0.3) is 0 Å². The van der Waals surface area contributed by atoms with Crippen LogP contribution in [0.4, 0.5) is 5.69 Å². The summed E-state index contributed by atoms with van der Waals surface area (Å²) in [5.41, 5.74) is 3.16. The number of thioether (sulfide) groups is 1. The molecule has 0 spiro atoms. The highest BCUT2D eigenvalue weighted by molar-refractivity contribution is 8.15. The predicted octanol–water partition coefficient (Wildman–Crippen LogP) is 4.11. The van der Waals surface area contributed by atoms with Gasteiger partial charge in [0.25, 0.3) is 0 Å². The van der Waals surface area contributed by atoms with E-state index >= 15 is 0 Å². The average molecular weight is 331 g/mol.